The average Bonchev–Trinajstić information content (AvgIpc) is 3.81. The minimum Gasteiger partial charge on any atom is -0.316 e. The lowest BCUT2D eigenvalue weighted by Gasteiger charge is -2.37. The molecule has 336 valence electrons. The smallest absolute Gasteiger partial charge is 0.0116 e. The largest absolute Gasteiger partial charge is 0.316 e. The highest BCUT2D eigenvalue weighted by Crippen LogP contribution is 2.41. The van der Waals surface area contributed by atoms with E-state index in [0.29, 0.717) is 32.5 Å². The SMILES string of the molecule is CC(C)(C)C1CCC1.CC(C)(C)C1CCCCC1.CC(C)(C)C1CCCCC1.CC(C)(C)C1CCCCN1.CC(C)(C)C1CCCN1.CC(C)(C)C1CCNC1. The van der Waals surface area contributed by atoms with E-state index in [-0.39, 0.29) is 0 Å². The predicted molar refractivity (Wildman–Crippen MR) is 255 cm³/mol. The van der Waals surface area contributed by atoms with Crippen molar-refractivity contribution in [2.24, 2.45) is 56.2 Å². The maximum Gasteiger partial charge on any atom is 0.0116 e. The third kappa shape index (κ3) is 23.6. The average molecular weight is 788 g/mol. The fraction of sp³-hybridized carbons (Fsp3) is 1.00. The second-order valence-electron chi connectivity index (χ2n) is 25.8. The molecule has 0 amide bonds. The van der Waals surface area contributed by atoms with Crippen LogP contribution in [0.1, 0.15) is 247 Å². The summed E-state index contributed by atoms with van der Waals surface area (Å²) < 4.78 is 0. The first-order valence-electron chi connectivity index (χ1n) is 24.8. The van der Waals surface area contributed by atoms with Crippen LogP contribution in [0.15, 0.2) is 0 Å². The molecule has 0 radical (unpaired) electrons. The van der Waals surface area contributed by atoms with E-state index < -0.39 is 0 Å². The highest BCUT2D eigenvalue weighted by Gasteiger charge is 2.30. The molecule has 0 aromatic heterocycles. The van der Waals surface area contributed by atoms with Crippen LogP contribution in [0.2, 0.25) is 0 Å². The van der Waals surface area contributed by atoms with Gasteiger partial charge in [-0.3, -0.25) is 0 Å². The lowest BCUT2D eigenvalue weighted by atomic mass is 9.69. The van der Waals surface area contributed by atoms with Crippen LogP contribution >= 0.6 is 0 Å². The summed E-state index contributed by atoms with van der Waals surface area (Å²) in [5.74, 6) is 3.93. The first kappa shape index (κ1) is 53.9. The van der Waals surface area contributed by atoms with Crippen LogP contribution in [0.25, 0.3) is 0 Å². The van der Waals surface area contributed by atoms with Gasteiger partial charge < -0.3 is 16.0 Å². The van der Waals surface area contributed by atoms with Crippen LogP contribution in [-0.4, -0.2) is 38.3 Å². The number of nitrogens with one attached hydrogen (secondary N) is 3. The highest BCUT2D eigenvalue weighted by molar-refractivity contribution is 4.85. The topological polar surface area (TPSA) is 36.1 Å². The molecule has 3 heterocycles. The molecular formula is C53H109N3. The third-order valence-corrected chi connectivity index (χ3v) is 14.7. The van der Waals surface area contributed by atoms with Gasteiger partial charge in [-0.25, -0.2) is 0 Å². The summed E-state index contributed by atoms with van der Waals surface area (Å²) in [6.45, 7) is 47.0. The predicted octanol–water partition coefficient (Wildman–Crippen LogP) is 15.7. The second kappa shape index (κ2) is 25.0. The molecule has 0 aromatic rings. The Balaban J connectivity index is 0.000000337. The van der Waals surface area contributed by atoms with Gasteiger partial charge in [-0.15, -0.1) is 0 Å². The fourth-order valence-electron chi connectivity index (χ4n) is 9.62. The van der Waals surface area contributed by atoms with E-state index in [9.17, 15) is 0 Å². The maximum atomic E-state index is 3.56. The number of hydrogen-bond donors (Lipinski definition) is 3. The summed E-state index contributed by atoms with van der Waals surface area (Å²) in [6, 6.07) is 1.51. The van der Waals surface area contributed by atoms with Gasteiger partial charge in [-0.05, 0) is 153 Å². The molecule has 3 heteroatoms. The van der Waals surface area contributed by atoms with Crippen molar-refractivity contribution < 1.29 is 0 Å². The van der Waals surface area contributed by atoms with Crippen LogP contribution in [0.5, 0.6) is 0 Å². The van der Waals surface area contributed by atoms with Gasteiger partial charge in [0.25, 0.3) is 0 Å². The van der Waals surface area contributed by atoms with Gasteiger partial charge >= 0.3 is 0 Å². The van der Waals surface area contributed by atoms with Crippen molar-refractivity contribution in [3.05, 3.63) is 0 Å². The van der Waals surface area contributed by atoms with E-state index in [1.807, 2.05) is 0 Å². The van der Waals surface area contributed by atoms with Gasteiger partial charge in [-0.1, -0.05) is 176 Å². The van der Waals surface area contributed by atoms with Crippen molar-refractivity contribution in [2.75, 3.05) is 26.2 Å². The fourth-order valence-corrected chi connectivity index (χ4v) is 9.62. The molecule has 3 N–H and O–H groups in total. The highest BCUT2D eigenvalue weighted by atomic mass is 15.0. The van der Waals surface area contributed by atoms with E-state index in [1.165, 1.54) is 148 Å². The van der Waals surface area contributed by atoms with Crippen molar-refractivity contribution >= 4 is 0 Å². The Bertz CT molecular complexity index is 845. The number of rotatable bonds is 0. The van der Waals surface area contributed by atoms with Crippen LogP contribution in [0.3, 0.4) is 0 Å². The van der Waals surface area contributed by atoms with Gasteiger partial charge in [0, 0.05) is 12.1 Å². The molecular weight excluding hydrogens is 679 g/mol. The zero-order chi connectivity index (χ0) is 42.8. The Kier molecular flexibility index (Phi) is 24.0. The molecule has 3 unspecified atom stereocenters. The zero-order valence-corrected chi connectivity index (χ0v) is 42.2. The lowest BCUT2D eigenvalue weighted by Crippen LogP contribution is -2.43. The molecule has 3 saturated carbocycles. The van der Waals surface area contributed by atoms with Crippen molar-refractivity contribution in [3.63, 3.8) is 0 Å². The van der Waals surface area contributed by atoms with Crippen molar-refractivity contribution in [2.45, 2.75) is 259 Å². The summed E-state index contributed by atoms with van der Waals surface area (Å²) in [7, 11) is 0. The first-order chi connectivity index (χ1) is 25.6. The first-order valence-corrected chi connectivity index (χ1v) is 24.8. The van der Waals surface area contributed by atoms with Crippen LogP contribution < -0.4 is 16.0 Å². The van der Waals surface area contributed by atoms with E-state index in [4.69, 9.17) is 0 Å². The normalized spacial score (nSPS) is 25.9. The standard InChI is InChI=1S/2C10H20.C9H19N.2C8H17N.C8H16/c2*1-10(2,3)9-7-5-4-6-8-9;1-9(2,3)8-6-4-5-7-10-8;1-8(2,3)7-4-5-9-6-7;1-8(2,3)7-5-4-6-9-7;1-8(2,3)7-5-4-6-7/h2*9H,4-8H2,1-3H3;8,10H,4-7H2,1-3H3;2*7,9H,4-6H2,1-3H3;7H,4-6H2,1-3H3. The quantitative estimate of drug-likeness (QED) is 0.229. The Morgan fingerprint density at radius 3 is 0.768 bits per heavy atom. The molecule has 0 spiro atoms. The lowest BCUT2D eigenvalue weighted by molar-refractivity contribution is 0.141. The van der Waals surface area contributed by atoms with E-state index in [0.717, 1.165) is 35.8 Å². The summed E-state index contributed by atoms with van der Waals surface area (Å²) >= 11 is 0. The maximum absolute atomic E-state index is 3.56. The van der Waals surface area contributed by atoms with Crippen LogP contribution in [0.4, 0.5) is 0 Å². The van der Waals surface area contributed by atoms with E-state index in [2.05, 4.69) is 141 Å². The van der Waals surface area contributed by atoms with E-state index in [1.54, 1.807) is 0 Å². The molecule has 6 aliphatic rings. The minimum atomic E-state index is 0.459. The van der Waals surface area contributed by atoms with Gasteiger partial charge in [0.15, 0.2) is 0 Å². The van der Waals surface area contributed by atoms with Gasteiger partial charge in [0.2, 0.25) is 0 Å². The molecule has 0 aromatic carbocycles. The van der Waals surface area contributed by atoms with Crippen LogP contribution in [-0.2, 0) is 0 Å². The Morgan fingerprint density at radius 2 is 0.589 bits per heavy atom. The molecule has 0 bridgehead atoms. The zero-order valence-electron chi connectivity index (χ0n) is 42.2. The van der Waals surface area contributed by atoms with Crippen LogP contribution in [0, 0.1) is 56.2 Å². The summed E-state index contributed by atoms with van der Waals surface area (Å²) in [5, 5.41) is 10.4. The minimum absolute atomic E-state index is 0.459. The monoisotopic (exact) mass is 788 g/mol. The summed E-state index contributed by atoms with van der Waals surface area (Å²) in [5.41, 5.74) is 3.18. The number of piperidine rings is 1. The Morgan fingerprint density at radius 1 is 0.268 bits per heavy atom. The Labute approximate surface area is 355 Å². The van der Waals surface area contributed by atoms with Crippen molar-refractivity contribution in [3.8, 4) is 0 Å². The molecule has 6 fully saturated rings. The molecule has 3 atom stereocenters. The molecule has 3 saturated heterocycles. The Hall–Kier alpha value is -0.120. The molecule has 3 aliphatic carbocycles. The molecule has 6 rings (SSSR count). The van der Waals surface area contributed by atoms with Crippen molar-refractivity contribution in [1.29, 1.82) is 0 Å². The summed E-state index contributed by atoms with van der Waals surface area (Å²) in [6.07, 6.45) is 27.4. The van der Waals surface area contributed by atoms with Gasteiger partial charge in [-0.2, -0.15) is 0 Å². The van der Waals surface area contributed by atoms with E-state index >= 15 is 0 Å². The number of hydrogen-bond acceptors (Lipinski definition) is 3. The summed E-state index contributed by atoms with van der Waals surface area (Å²) in [4.78, 5) is 0. The van der Waals surface area contributed by atoms with Crippen molar-refractivity contribution in [1.82, 2.24) is 16.0 Å². The third-order valence-electron chi connectivity index (χ3n) is 14.7. The molecule has 56 heavy (non-hydrogen) atoms. The molecule has 3 nitrogen and oxygen atoms in total. The molecule has 3 aliphatic heterocycles. The van der Waals surface area contributed by atoms with Gasteiger partial charge in [0.1, 0.15) is 0 Å². The van der Waals surface area contributed by atoms with Gasteiger partial charge in [0.05, 0.1) is 0 Å². The second-order valence-corrected chi connectivity index (χ2v) is 25.8.